The SMILES string of the molecule is Cc1cccc(Nc2cc(N3CCN(C=O)CC3)nc(C)n2)c1. The first-order chi connectivity index (χ1) is 11.1. The number of hydrogen-bond donors (Lipinski definition) is 1. The van der Waals surface area contributed by atoms with Crippen molar-refractivity contribution >= 4 is 23.7 Å². The highest BCUT2D eigenvalue weighted by atomic mass is 16.1. The van der Waals surface area contributed by atoms with Gasteiger partial charge in [0, 0.05) is 37.9 Å². The highest BCUT2D eigenvalue weighted by Gasteiger charge is 2.17. The quantitative estimate of drug-likeness (QED) is 0.876. The molecule has 3 rings (SSSR count). The van der Waals surface area contributed by atoms with E-state index in [0.29, 0.717) is 0 Å². The van der Waals surface area contributed by atoms with Crippen LogP contribution in [0.2, 0.25) is 0 Å². The topological polar surface area (TPSA) is 61.4 Å². The van der Waals surface area contributed by atoms with Gasteiger partial charge in [-0.05, 0) is 31.5 Å². The minimum atomic E-state index is 0.729. The maximum absolute atomic E-state index is 10.8. The molecule has 0 radical (unpaired) electrons. The van der Waals surface area contributed by atoms with Crippen LogP contribution >= 0.6 is 0 Å². The molecule has 0 bridgehead atoms. The number of nitrogens with zero attached hydrogens (tertiary/aromatic N) is 4. The Morgan fingerprint density at radius 1 is 1.09 bits per heavy atom. The molecular weight excluding hydrogens is 290 g/mol. The van der Waals surface area contributed by atoms with Gasteiger partial charge in [0.2, 0.25) is 6.41 Å². The van der Waals surface area contributed by atoms with Crippen molar-refractivity contribution in [1.29, 1.82) is 0 Å². The van der Waals surface area contributed by atoms with E-state index < -0.39 is 0 Å². The third-order valence-electron chi connectivity index (χ3n) is 3.90. The van der Waals surface area contributed by atoms with Gasteiger partial charge in [-0.3, -0.25) is 4.79 Å². The standard InChI is InChI=1S/C17H21N5O/c1-13-4-3-5-15(10-13)20-16-11-17(19-14(2)18-16)22-8-6-21(12-23)7-9-22/h3-5,10-12H,6-9H2,1-2H3,(H,18,19,20). The molecule has 1 N–H and O–H groups in total. The number of amides is 1. The molecule has 2 heterocycles. The maximum atomic E-state index is 10.8. The first-order valence-electron chi connectivity index (χ1n) is 7.78. The monoisotopic (exact) mass is 311 g/mol. The largest absolute Gasteiger partial charge is 0.353 e. The average molecular weight is 311 g/mol. The first-order valence-corrected chi connectivity index (χ1v) is 7.78. The predicted octanol–water partition coefficient (Wildman–Crippen LogP) is 2.12. The van der Waals surface area contributed by atoms with Crippen LogP contribution < -0.4 is 10.2 Å². The average Bonchev–Trinajstić information content (AvgIpc) is 2.54. The van der Waals surface area contributed by atoms with Gasteiger partial charge in [0.15, 0.2) is 0 Å². The molecule has 2 aromatic rings. The van der Waals surface area contributed by atoms with Crippen LogP contribution in [-0.2, 0) is 4.79 Å². The van der Waals surface area contributed by atoms with Crippen molar-refractivity contribution in [2.75, 3.05) is 36.4 Å². The molecule has 6 heteroatoms. The van der Waals surface area contributed by atoms with Crippen LogP contribution in [-0.4, -0.2) is 47.5 Å². The normalized spacial score (nSPS) is 14.7. The molecule has 1 saturated heterocycles. The third-order valence-corrected chi connectivity index (χ3v) is 3.90. The van der Waals surface area contributed by atoms with E-state index >= 15 is 0 Å². The predicted molar refractivity (Wildman–Crippen MR) is 91.1 cm³/mol. The number of nitrogens with one attached hydrogen (secondary N) is 1. The van der Waals surface area contributed by atoms with Crippen molar-refractivity contribution in [3.05, 3.63) is 41.7 Å². The highest BCUT2D eigenvalue weighted by Crippen LogP contribution is 2.21. The molecule has 120 valence electrons. The number of rotatable bonds is 4. The molecule has 6 nitrogen and oxygen atoms in total. The fourth-order valence-corrected chi connectivity index (χ4v) is 2.71. The molecule has 0 saturated carbocycles. The number of aromatic nitrogens is 2. The zero-order valence-electron chi connectivity index (χ0n) is 13.5. The summed E-state index contributed by atoms with van der Waals surface area (Å²) in [6.45, 7) is 7.00. The highest BCUT2D eigenvalue weighted by molar-refractivity contribution is 5.60. The van der Waals surface area contributed by atoms with E-state index in [-0.39, 0.29) is 0 Å². The summed E-state index contributed by atoms with van der Waals surface area (Å²) in [5.74, 6) is 2.42. The Balaban J connectivity index is 1.78. The summed E-state index contributed by atoms with van der Waals surface area (Å²) in [4.78, 5) is 23.8. The summed E-state index contributed by atoms with van der Waals surface area (Å²) in [5, 5.41) is 3.34. The van der Waals surface area contributed by atoms with E-state index in [1.165, 1.54) is 5.56 Å². The Labute approximate surface area is 136 Å². The zero-order chi connectivity index (χ0) is 16.2. The molecule has 1 aliphatic rings. The number of hydrogen-bond acceptors (Lipinski definition) is 5. The van der Waals surface area contributed by atoms with Crippen LogP contribution in [0.5, 0.6) is 0 Å². The number of aryl methyl sites for hydroxylation is 2. The molecule has 0 aliphatic carbocycles. The van der Waals surface area contributed by atoms with E-state index in [1.807, 2.05) is 25.1 Å². The lowest BCUT2D eigenvalue weighted by atomic mass is 10.2. The van der Waals surface area contributed by atoms with Gasteiger partial charge in [-0.1, -0.05) is 12.1 Å². The van der Waals surface area contributed by atoms with Crippen molar-refractivity contribution in [3.63, 3.8) is 0 Å². The lowest BCUT2D eigenvalue weighted by Gasteiger charge is -2.33. The van der Waals surface area contributed by atoms with Crippen LogP contribution in [0.1, 0.15) is 11.4 Å². The van der Waals surface area contributed by atoms with Crippen molar-refractivity contribution in [2.45, 2.75) is 13.8 Å². The van der Waals surface area contributed by atoms with Gasteiger partial charge in [0.05, 0.1) is 0 Å². The van der Waals surface area contributed by atoms with E-state index in [4.69, 9.17) is 0 Å². The Morgan fingerprint density at radius 3 is 2.57 bits per heavy atom. The summed E-state index contributed by atoms with van der Waals surface area (Å²) in [6, 6.07) is 10.2. The van der Waals surface area contributed by atoms with Crippen molar-refractivity contribution in [1.82, 2.24) is 14.9 Å². The minimum absolute atomic E-state index is 0.729. The van der Waals surface area contributed by atoms with E-state index in [2.05, 4.69) is 39.2 Å². The Bertz CT molecular complexity index is 695. The molecule has 1 amide bonds. The lowest BCUT2D eigenvalue weighted by molar-refractivity contribution is -0.118. The van der Waals surface area contributed by atoms with Crippen LogP contribution in [0.4, 0.5) is 17.3 Å². The number of piperazine rings is 1. The van der Waals surface area contributed by atoms with Gasteiger partial charge in [-0.15, -0.1) is 0 Å². The maximum Gasteiger partial charge on any atom is 0.209 e. The van der Waals surface area contributed by atoms with Gasteiger partial charge in [-0.2, -0.15) is 0 Å². The number of carbonyl (C=O) groups is 1. The molecule has 0 spiro atoms. The first kappa shape index (κ1) is 15.3. The zero-order valence-corrected chi connectivity index (χ0v) is 13.5. The van der Waals surface area contributed by atoms with E-state index in [9.17, 15) is 4.79 Å². The van der Waals surface area contributed by atoms with Gasteiger partial charge in [-0.25, -0.2) is 9.97 Å². The second-order valence-corrected chi connectivity index (χ2v) is 5.78. The smallest absolute Gasteiger partial charge is 0.209 e. The van der Waals surface area contributed by atoms with Crippen LogP contribution in [0.3, 0.4) is 0 Å². The third kappa shape index (κ3) is 3.77. The summed E-state index contributed by atoms with van der Waals surface area (Å²) < 4.78 is 0. The minimum Gasteiger partial charge on any atom is -0.353 e. The fraction of sp³-hybridized carbons (Fsp3) is 0.353. The van der Waals surface area contributed by atoms with Gasteiger partial charge in [0.25, 0.3) is 0 Å². The van der Waals surface area contributed by atoms with Gasteiger partial charge in [0.1, 0.15) is 17.5 Å². The van der Waals surface area contributed by atoms with Crippen LogP contribution in [0.15, 0.2) is 30.3 Å². The Hall–Kier alpha value is -2.63. The summed E-state index contributed by atoms with van der Waals surface area (Å²) in [6.07, 6.45) is 0.910. The Morgan fingerprint density at radius 2 is 1.87 bits per heavy atom. The van der Waals surface area contributed by atoms with Crippen molar-refractivity contribution in [2.24, 2.45) is 0 Å². The second-order valence-electron chi connectivity index (χ2n) is 5.78. The van der Waals surface area contributed by atoms with Crippen LogP contribution in [0.25, 0.3) is 0 Å². The number of anilines is 3. The molecule has 1 fully saturated rings. The van der Waals surface area contributed by atoms with Gasteiger partial charge < -0.3 is 15.1 Å². The molecule has 23 heavy (non-hydrogen) atoms. The summed E-state index contributed by atoms with van der Waals surface area (Å²) in [7, 11) is 0. The molecule has 1 aliphatic heterocycles. The van der Waals surface area contributed by atoms with Gasteiger partial charge >= 0.3 is 0 Å². The number of carbonyl (C=O) groups excluding carboxylic acids is 1. The molecular formula is C17H21N5O. The molecule has 1 aromatic heterocycles. The Kier molecular flexibility index (Phi) is 4.41. The van der Waals surface area contributed by atoms with Crippen molar-refractivity contribution in [3.8, 4) is 0 Å². The van der Waals surface area contributed by atoms with E-state index in [0.717, 1.165) is 55.7 Å². The summed E-state index contributed by atoms with van der Waals surface area (Å²) in [5.41, 5.74) is 2.21. The molecule has 0 unspecified atom stereocenters. The molecule has 0 atom stereocenters. The van der Waals surface area contributed by atoms with Crippen LogP contribution in [0, 0.1) is 13.8 Å². The number of benzene rings is 1. The summed E-state index contributed by atoms with van der Waals surface area (Å²) >= 11 is 0. The fourth-order valence-electron chi connectivity index (χ4n) is 2.71. The van der Waals surface area contributed by atoms with E-state index in [1.54, 1.807) is 4.90 Å². The lowest BCUT2D eigenvalue weighted by Crippen LogP contribution is -2.46. The second kappa shape index (κ2) is 6.64. The van der Waals surface area contributed by atoms with Crippen molar-refractivity contribution < 1.29 is 4.79 Å². The molecule has 1 aromatic carbocycles.